The van der Waals surface area contributed by atoms with Crippen LogP contribution in [-0.4, -0.2) is 29.3 Å². The van der Waals surface area contributed by atoms with Crippen molar-refractivity contribution in [2.45, 2.75) is 32.4 Å². The van der Waals surface area contributed by atoms with Crippen LogP contribution in [-0.2, 0) is 21.7 Å². The third-order valence-electron chi connectivity index (χ3n) is 4.96. The number of hydrogen-bond acceptors (Lipinski definition) is 3. The molecule has 3 rings (SSSR count). The summed E-state index contributed by atoms with van der Waals surface area (Å²) < 4.78 is 13.2. The van der Waals surface area contributed by atoms with Gasteiger partial charge < -0.3 is 10.6 Å². The van der Waals surface area contributed by atoms with E-state index in [0.29, 0.717) is 12.1 Å². The van der Waals surface area contributed by atoms with Gasteiger partial charge in [-0.2, -0.15) is 0 Å². The van der Waals surface area contributed by atoms with Crippen molar-refractivity contribution in [3.63, 3.8) is 0 Å². The van der Waals surface area contributed by atoms with Crippen molar-refractivity contribution in [1.82, 2.24) is 15.5 Å². The maximum Gasteiger partial charge on any atom is 0.325 e. The van der Waals surface area contributed by atoms with Crippen molar-refractivity contribution in [2.24, 2.45) is 0 Å². The fraction of sp³-hybridized carbons (Fsp3) is 0.286. The van der Waals surface area contributed by atoms with Gasteiger partial charge in [0.05, 0.1) is 0 Å². The normalized spacial score (nSPS) is 18.9. The summed E-state index contributed by atoms with van der Waals surface area (Å²) in [7, 11) is 0. The van der Waals surface area contributed by atoms with Crippen LogP contribution in [0, 0.1) is 12.7 Å². The molecule has 1 aliphatic rings. The van der Waals surface area contributed by atoms with Gasteiger partial charge in [-0.25, -0.2) is 9.18 Å². The van der Waals surface area contributed by atoms with Crippen LogP contribution in [0.2, 0.25) is 0 Å². The van der Waals surface area contributed by atoms with Crippen LogP contribution in [0.5, 0.6) is 0 Å². The number of benzene rings is 2. The van der Waals surface area contributed by atoms with Gasteiger partial charge in [0.15, 0.2) is 0 Å². The molecule has 0 radical (unpaired) electrons. The zero-order chi connectivity index (χ0) is 20.3. The molecule has 0 saturated carbocycles. The van der Waals surface area contributed by atoms with Crippen LogP contribution in [0.4, 0.5) is 9.18 Å². The maximum absolute atomic E-state index is 13.2. The number of nitrogens with zero attached hydrogens (tertiary/aromatic N) is 1. The molecule has 28 heavy (non-hydrogen) atoms. The van der Waals surface area contributed by atoms with Gasteiger partial charge in [-0.15, -0.1) is 0 Å². The Labute approximate surface area is 162 Å². The predicted molar refractivity (Wildman–Crippen MR) is 102 cm³/mol. The van der Waals surface area contributed by atoms with Gasteiger partial charge in [0.25, 0.3) is 5.91 Å². The monoisotopic (exact) mass is 383 g/mol. The lowest BCUT2D eigenvalue weighted by Gasteiger charge is -2.25. The molecule has 0 spiro atoms. The van der Waals surface area contributed by atoms with Gasteiger partial charge in [-0.1, -0.05) is 48.9 Å². The summed E-state index contributed by atoms with van der Waals surface area (Å²) in [5.74, 6) is -1.38. The fourth-order valence-electron chi connectivity index (χ4n) is 3.25. The standard InChI is InChI=1S/C21H22FN3O3/c1-3-21(16-8-10-17(22)11-9-16)19(27)25(20(28)24-21)13-18(26)23-12-15-6-4-14(2)5-7-15/h4-11H,3,12-13H2,1-2H3,(H,23,26)(H,24,28)/t21-/m0/s1. The fourth-order valence-corrected chi connectivity index (χ4v) is 3.25. The van der Waals surface area contributed by atoms with Crippen LogP contribution in [0.15, 0.2) is 48.5 Å². The van der Waals surface area contributed by atoms with Gasteiger partial charge in [-0.3, -0.25) is 14.5 Å². The molecule has 0 aromatic heterocycles. The molecule has 2 aromatic carbocycles. The third-order valence-corrected chi connectivity index (χ3v) is 4.96. The summed E-state index contributed by atoms with van der Waals surface area (Å²) in [6, 6.07) is 12.5. The smallest absolute Gasteiger partial charge is 0.325 e. The number of amides is 4. The van der Waals surface area contributed by atoms with Gasteiger partial charge in [0.1, 0.15) is 17.9 Å². The average molecular weight is 383 g/mol. The Bertz CT molecular complexity index is 896. The summed E-state index contributed by atoms with van der Waals surface area (Å²) in [6.45, 7) is 3.66. The molecule has 4 amide bonds. The second-order valence-corrected chi connectivity index (χ2v) is 6.85. The molecule has 6 nitrogen and oxygen atoms in total. The van der Waals surface area contributed by atoms with Crippen LogP contribution in [0.1, 0.15) is 30.0 Å². The lowest BCUT2D eigenvalue weighted by Crippen LogP contribution is -2.44. The van der Waals surface area contributed by atoms with E-state index in [4.69, 9.17) is 0 Å². The molecule has 1 fully saturated rings. The lowest BCUT2D eigenvalue weighted by atomic mass is 9.87. The largest absolute Gasteiger partial charge is 0.350 e. The van der Waals surface area contributed by atoms with Gasteiger partial charge in [-0.05, 0) is 36.6 Å². The minimum atomic E-state index is -1.29. The van der Waals surface area contributed by atoms with E-state index in [-0.39, 0.29) is 13.0 Å². The summed E-state index contributed by atoms with van der Waals surface area (Å²) in [5.41, 5.74) is 1.23. The first-order valence-electron chi connectivity index (χ1n) is 9.08. The molecule has 7 heteroatoms. The highest BCUT2D eigenvalue weighted by Gasteiger charge is 2.51. The highest BCUT2D eigenvalue weighted by atomic mass is 19.1. The van der Waals surface area contributed by atoms with Crippen LogP contribution in [0.25, 0.3) is 0 Å². The SMILES string of the molecule is CC[C@@]1(c2ccc(F)cc2)NC(=O)N(CC(=O)NCc2ccc(C)cc2)C1=O. The third kappa shape index (κ3) is 3.74. The Morgan fingerprint density at radius 3 is 2.36 bits per heavy atom. The first kappa shape index (κ1) is 19.5. The average Bonchev–Trinajstić information content (AvgIpc) is 2.93. The van der Waals surface area contributed by atoms with E-state index in [2.05, 4.69) is 10.6 Å². The zero-order valence-electron chi connectivity index (χ0n) is 15.8. The van der Waals surface area contributed by atoms with E-state index < -0.39 is 29.2 Å². The Morgan fingerprint density at radius 1 is 1.11 bits per heavy atom. The summed E-state index contributed by atoms with van der Waals surface area (Å²) in [5, 5.41) is 5.39. The van der Waals surface area contributed by atoms with Crippen LogP contribution < -0.4 is 10.6 Å². The second kappa shape index (κ2) is 7.80. The number of nitrogens with one attached hydrogen (secondary N) is 2. The van der Waals surface area contributed by atoms with Crippen molar-refractivity contribution >= 4 is 17.8 Å². The van der Waals surface area contributed by atoms with E-state index in [1.54, 1.807) is 6.92 Å². The summed E-state index contributed by atoms with van der Waals surface area (Å²) in [6.07, 6.45) is 0.282. The Balaban J connectivity index is 1.69. The number of rotatable bonds is 6. The van der Waals surface area contributed by atoms with E-state index in [1.807, 2.05) is 31.2 Å². The number of halogens is 1. The molecule has 0 aliphatic carbocycles. The molecule has 2 N–H and O–H groups in total. The van der Waals surface area contributed by atoms with Crippen molar-refractivity contribution in [1.29, 1.82) is 0 Å². The quantitative estimate of drug-likeness (QED) is 0.753. The number of aryl methyl sites for hydroxylation is 1. The Hall–Kier alpha value is -3.22. The van der Waals surface area contributed by atoms with Gasteiger partial charge in [0, 0.05) is 6.54 Å². The number of carbonyl (C=O) groups excluding carboxylic acids is 3. The molecular weight excluding hydrogens is 361 g/mol. The van der Waals surface area contributed by atoms with E-state index in [0.717, 1.165) is 16.0 Å². The molecule has 1 saturated heterocycles. The highest BCUT2D eigenvalue weighted by Crippen LogP contribution is 2.32. The topological polar surface area (TPSA) is 78.5 Å². The highest BCUT2D eigenvalue weighted by molar-refractivity contribution is 6.09. The molecule has 1 heterocycles. The molecule has 1 aliphatic heterocycles. The van der Waals surface area contributed by atoms with Gasteiger partial charge >= 0.3 is 6.03 Å². The van der Waals surface area contributed by atoms with Crippen molar-refractivity contribution < 1.29 is 18.8 Å². The number of hydrogen-bond donors (Lipinski definition) is 2. The first-order valence-corrected chi connectivity index (χ1v) is 9.08. The van der Waals surface area contributed by atoms with Crippen molar-refractivity contribution in [2.75, 3.05) is 6.54 Å². The van der Waals surface area contributed by atoms with Crippen molar-refractivity contribution in [3.8, 4) is 0 Å². The Morgan fingerprint density at radius 2 is 1.75 bits per heavy atom. The minimum Gasteiger partial charge on any atom is -0.350 e. The number of imide groups is 1. The minimum absolute atomic E-state index is 0.282. The molecule has 2 aromatic rings. The van der Waals surface area contributed by atoms with E-state index in [1.165, 1.54) is 24.3 Å². The van der Waals surface area contributed by atoms with E-state index in [9.17, 15) is 18.8 Å². The van der Waals surface area contributed by atoms with Crippen molar-refractivity contribution in [3.05, 3.63) is 71.0 Å². The number of carbonyl (C=O) groups is 3. The van der Waals surface area contributed by atoms with E-state index >= 15 is 0 Å². The zero-order valence-corrected chi connectivity index (χ0v) is 15.8. The summed E-state index contributed by atoms with van der Waals surface area (Å²) in [4.78, 5) is 38.5. The molecular formula is C21H22FN3O3. The molecule has 0 bridgehead atoms. The van der Waals surface area contributed by atoms with Crippen LogP contribution in [0.3, 0.4) is 0 Å². The Kier molecular flexibility index (Phi) is 5.44. The number of urea groups is 1. The van der Waals surface area contributed by atoms with Crippen LogP contribution >= 0.6 is 0 Å². The summed E-state index contributed by atoms with van der Waals surface area (Å²) >= 11 is 0. The first-order chi connectivity index (χ1) is 13.4. The lowest BCUT2D eigenvalue weighted by molar-refractivity contribution is -0.135. The molecule has 0 unspecified atom stereocenters. The maximum atomic E-state index is 13.2. The molecule has 1 atom stereocenters. The second-order valence-electron chi connectivity index (χ2n) is 6.85. The molecule has 146 valence electrons. The predicted octanol–water partition coefficient (Wildman–Crippen LogP) is 2.61. The van der Waals surface area contributed by atoms with Gasteiger partial charge in [0.2, 0.25) is 5.91 Å².